The number of benzene rings is 2. The lowest BCUT2D eigenvalue weighted by molar-refractivity contribution is 0.0953. The molecule has 0 bridgehead atoms. The smallest absolute Gasteiger partial charge is 0.252 e. The number of hydrogen-bond acceptors (Lipinski definition) is 3. The molecule has 0 spiro atoms. The molecule has 0 radical (unpaired) electrons. The molecule has 1 aliphatic carbocycles. The number of carbonyl (C=O) groups excluding carboxylic acids is 1. The van der Waals surface area contributed by atoms with Gasteiger partial charge in [-0.05, 0) is 65.0 Å². The van der Waals surface area contributed by atoms with Crippen molar-refractivity contribution in [3.8, 4) is 0 Å². The summed E-state index contributed by atoms with van der Waals surface area (Å²) < 4.78 is 28.0. The Morgan fingerprint density at radius 2 is 1.96 bits per heavy atom. The van der Waals surface area contributed by atoms with E-state index in [2.05, 4.69) is 31.0 Å². The van der Waals surface area contributed by atoms with E-state index in [0.29, 0.717) is 23.0 Å². The monoisotopic (exact) mass is 461 g/mol. The minimum atomic E-state index is -3.61. The number of nitrogens with one attached hydrogen (secondary N) is 3. The highest BCUT2D eigenvalue weighted by Crippen LogP contribution is 2.25. The lowest BCUT2D eigenvalue weighted by atomic mass is 10.1. The Balaban J connectivity index is 1.44. The Labute approximate surface area is 171 Å². The van der Waals surface area contributed by atoms with Crippen LogP contribution in [0.1, 0.15) is 28.8 Å². The van der Waals surface area contributed by atoms with Crippen LogP contribution in [-0.2, 0) is 16.4 Å². The van der Waals surface area contributed by atoms with Gasteiger partial charge in [0, 0.05) is 34.2 Å². The zero-order valence-electron chi connectivity index (χ0n) is 15.0. The molecule has 0 atom stereocenters. The molecule has 6 nitrogen and oxygen atoms in total. The highest BCUT2D eigenvalue weighted by molar-refractivity contribution is 9.10. The van der Waals surface area contributed by atoms with E-state index in [9.17, 15) is 13.2 Å². The van der Waals surface area contributed by atoms with Crippen molar-refractivity contribution in [2.75, 3.05) is 6.54 Å². The van der Waals surface area contributed by atoms with Crippen molar-refractivity contribution in [2.45, 2.75) is 30.2 Å². The van der Waals surface area contributed by atoms with Gasteiger partial charge in [-0.2, -0.15) is 0 Å². The summed E-state index contributed by atoms with van der Waals surface area (Å²) in [6.07, 6.45) is 4.34. The van der Waals surface area contributed by atoms with Gasteiger partial charge < -0.3 is 10.3 Å². The van der Waals surface area contributed by atoms with E-state index in [1.165, 1.54) is 12.1 Å². The third kappa shape index (κ3) is 4.14. The lowest BCUT2D eigenvalue weighted by Gasteiger charge is -2.10. The molecule has 1 aromatic heterocycles. The second kappa shape index (κ2) is 7.69. The van der Waals surface area contributed by atoms with Crippen LogP contribution in [0, 0.1) is 0 Å². The number of hydrogen-bond donors (Lipinski definition) is 3. The number of halogens is 1. The SMILES string of the molecule is O=C(NCCc1c[nH]c2ccccc12)c1cc(S(=O)(=O)NC2CC2)ccc1Br. The minimum Gasteiger partial charge on any atom is -0.361 e. The summed E-state index contributed by atoms with van der Waals surface area (Å²) in [4.78, 5) is 15.9. The Morgan fingerprint density at radius 1 is 1.18 bits per heavy atom. The van der Waals surface area contributed by atoms with Crippen LogP contribution in [0.4, 0.5) is 0 Å². The summed E-state index contributed by atoms with van der Waals surface area (Å²) in [7, 11) is -3.61. The maximum absolute atomic E-state index is 12.6. The van der Waals surface area contributed by atoms with Crippen LogP contribution < -0.4 is 10.0 Å². The number of carbonyl (C=O) groups is 1. The normalized spacial score (nSPS) is 14.3. The van der Waals surface area contributed by atoms with Crippen molar-refractivity contribution >= 4 is 42.8 Å². The van der Waals surface area contributed by atoms with Crippen LogP contribution in [0.15, 0.2) is 58.0 Å². The quantitative estimate of drug-likeness (QED) is 0.503. The van der Waals surface area contributed by atoms with Gasteiger partial charge in [0.2, 0.25) is 10.0 Å². The first-order chi connectivity index (χ1) is 13.4. The lowest BCUT2D eigenvalue weighted by Crippen LogP contribution is -2.28. The Morgan fingerprint density at radius 3 is 2.75 bits per heavy atom. The van der Waals surface area contributed by atoms with Gasteiger partial charge in [0.05, 0.1) is 10.5 Å². The van der Waals surface area contributed by atoms with E-state index < -0.39 is 10.0 Å². The number of amides is 1. The number of sulfonamides is 1. The van der Waals surface area contributed by atoms with Crippen molar-refractivity contribution in [1.29, 1.82) is 0 Å². The Hall–Kier alpha value is -2.16. The fourth-order valence-electron chi connectivity index (χ4n) is 3.08. The van der Waals surface area contributed by atoms with E-state index in [4.69, 9.17) is 0 Å². The van der Waals surface area contributed by atoms with Crippen LogP contribution in [-0.4, -0.2) is 31.9 Å². The molecule has 0 unspecified atom stereocenters. The van der Waals surface area contributed by atoms with Crippen LogP contribution in [0.2, 0.25) is 0 Å². The third-order valence-corrected chi connectivity index (χ3v) is 6.96. The van der Waals surface area contributed by atoms with Gasteiger partial charge in [-0.1, -0.05) is 18.2 Å². The van der Waals surface area contributed by atoms with Gasteiger partial charge in [-0.15, -0.1) is 0 Å². The van der Waals surface area contributed by atoms with E-state index in [1.54, 1.807) is 6.07 Å². The number of aromatic nitrogens is 1. The highest BCUT2D eigenvalue weighted by Gasteiger charge is 2.28. The second-order valence-corrected chi connectivity index (χ2v) is 9.47. The second-order valence-electron chi connectivity index (χ2n) is 6.90. The molecule has 3 N–H and O–H groups in total. The summed E-state index contributed by atoms with van der Waals surface area (Å²) in [5.74, 6) is -0.310. The maximum atomic E-state index is 12.6. The van der Waals surface area contributed by atoms with Crippen molar-refractivity contribution in [1.82, 2.24) is 15.0 Å². The van der Waals surface area contributed by atoms with Gasteiger partial charge in [-0.25, -0.2) is 13.1 Å². The van der Waals surface area contributed by atoms with E-state index in [1.807, 2.05) is 30.5 Å². The number of aromatic amines is 1. The molecule has 0 saturated heterocycles. The molecule has 8 heteroatoms. The number of fused-ring (bicyclic) bond motifs is 1. The van der Waals surface area contributed by atoms with Gasteiger partial charge in [0.15, 0.2) is 0 Å². The zero-order chi connectivity index (χ0) is 19.7. The summed E-state index contributed by atoms with van der Waals surface area (Å²) in [6, 6.07) is 12.5. The van der Waals surface area contributed by atoms with Crippen molar-refractivity contribution < 1.29 is 13.2 Å². The standard InChI is InChI=1S/C20H20BrN3O3S/c21-18-8-7-15(28(26,27)24-14-5-6-14)11-17(18)20(25)22-10-9-13-12-23-19-4-2-1-3-16(13)19/h1-4,7-8,11-12,14,23-24H,5-6,9-10H2,(H,22,25). The fourth-order valence-corrected chi connectivity index (χ4v) is 4.84. The molecular weight excluding hydrogens is 442 g/mol. The summed E-state index contributed by atoms with van der Waals surface area (Å²) in [6.45, 7) is 0.449. The molecule has 0 aliphatic heterocycles. The van der Waals surface area contributed by atoms with E-state index in [-0.39, 0.29) is 16.8 Å². The number of rotatable bonds is 7. The number of para-hydroxylation sites is 1. The van der Waals surface area contributed by atoms with Crippen LogP contribution >= 0.6 is 15.9 Å². The summed E-state index contributed by atoms with van der Waals surface area (Å²) >= 11 is 3.34. The third-order valence-electron chi connectivity index (χ3n) is 4.75. The van der Waals surface area contributed by atoms with E-state index in [0.717, 1.165) is 29.3 Å². The van der Waals surface area contributed by atoms with Crippen molar-refractivity contribution in [3.63, 3.8) is 0 Å². The molecule has 1 aliphatic rings. The minimum absolute atomic E-state index is 0.0158. The van der Waals surface area contributed by atoms with Crippen molar-refractivity contribution in [2.24, 2.45) is 0 Å². The molecule has 28 heavy (non-hydrogen) atoms. The molecule has 1 amide bonds. The van der Waals surface area contributed by atoms with Crippen LogP contribution in [0.5, 0.6) is 0 Å². The molecule has 1 heterocycles. The van der Waals surface area contributed by atoms with Gasteiger partial charge in [0.1, 0.15) is 0 Å². The predicted molar refractivity (Wildman–Crippen MR) is 112 cm³/mol. The molecule has 146 valence electrons. The number of H-pyrrole nitrogens is 1. The summed E-state index contributed by atoms with van der Waals surface area (Å²) in [5.41, 5.74) is 2.49. The first-order valence-corrected chi connectivity index (χ1v) is 11.4. The first kappa shape index (κ1) is 19.2. The Kier molecular flexibility index (Phi) is 5.27. The van der Waals surface area contributed by atoms with Gasteiger partial charge in [0.25, 0.3) is 5.91 Å². The molecule has 1 saturated carbocycles. The van der Waals surface area contributed by atoms with Crippen LogP contribution in [0.3, 0.4) is 0 Å². The average Bonchev–Trinajstić information content (AvgIpc) is 3.38. The van der Waals surface area contributed by atoms with Gasteiger partial charge >= 0.3 is 0 Å². The summed E-state index contributed by atoms with van der Waals surface area (Å²) in [5, 5.41) is 4.01. The predicted octanol–water partition coefficient (Wildman–Crippen LogP) is 3.34. The van der Waals surface area contributed by atoms with Crippen molar-refractivity contribution in [3.05, 3.63) is 64.3 Å². The fraction of sp³-hybridized carbons (Fsp3) is 0.250. The largest absolute Gasteiger partial charge is 0.361 e. The Bertz CT molecular complexity index is 1140. The molecule has 2 aromatic carbocycles. The maximum Gasteiger partial charge on any atom is 0.252 e. The van der Waals surface area contributed by atoms with Gasteiger partial charge in [-0.3, -0.25) is 4.79 Å². The topological polar surface area (TPSA) is 91.1 Å². The molecule has 4 rings (SSSR count). The zero-order valence-corrected chi connectivity index (χ0v) is 17.4. The van der Waals surface area contributed by atoms with Crippen LogP contribution in [0.25, 0.3) is 10.9 Å². The molecular formula is C20H20BrN3O3S. The highest BCUT2D eigenvalue weighted by atomic mass is 79.9. The average molecular weight is 462 g/mol. The van der Waals surface area contributed by atoms with E-state index >= 15 is 0 Å². The molecule has 3 aromatic rings. The molecule has 1 fully saturated rings. The first-order valence-electron chi connectivity index (χ1n) is 9.09.